The molecule has 320 valence electrons. The number of carbonyl (C=O) groups excluding carboxylic acids is 5. The van der Waals surface area contributed by atoms with Crippen molar-refractivity contribution in [2.24, 2.45) is 10.9 Å². The first-order chi connectivity index (χ1) is 29.6. The zero-order chi connectivity index (χ0) is 43.0. The van der Waals surface area contributed by atoms with E-state index in [9.17, 15) is 29.1 Å². The smallest absolute Gasteiger partial charge is 0.253 e. The molecule has 1 aliphatic carbocycles. The van der Waals surface area contributed by atoms with E-state index in [1.54, 1.807) is 29.3 Å². The van der Waals surface area contributed by atoms with E-state index >= 15 is 0 Å². The van der Waals surface area contributed by atoms with Crippen LogP contribution < -0.4 is 35.2 Å². The van der Waals surface area contributed by atoms with Crippen molar-refractivity contribution in [3.05, 3.63) is 76.9 Å². The predicted molar refractivity (Wildman–Crippen MR) is 233 cm³/mol. The van der Waals surface area contributed by atoms with E-state index in [1.165, 1.54) is 7.11 Å². The molecule has 0 spiro atoms. The molecule has 2 heterocycles. The van der Waals surface area contributed by atoms with Crippen LogP contribution in [0.15, 0.2) is 59.6 Å². The molecule has 2 atom stereocenters. The van der Waals surface area contributed by atoms with E-state index in [2.05, 4.69) is 20.9 Å². The number of hydrogen-bond acceptors (Lipinski definition) is 11. The van der Waals surface area contributed by atoms with Crippen molar-refractivity contribution in [1.82, 2.24) is 10.6 Å². The number of aryl methyl sites for hydroxylation is 1. The number of hydrogen-bond donors (Lipinski definition) is 4. The van der Waals surface area contributed by atoms with Crippen LogP contribution in [0.3, 0.4) is 0 Å². The van der Waals surface area contributed by atoms with Crippen LogP contribution in [0.1, 0.15) is 65.6 Å². The van der Waals surface area contributed by atoms with Gasteiger partial charge in [0.05, 0.1) is 37.7 Å². The number of carbonyl (C=O) groups is 5. The summed E-state index contributed by atoms with van der Waals surface area (Å²) < 4.78 is 17.4. The summed E-state index contributed by atoms with van der Waals surface area (Å²) in [6.45, 7) is 2.58. The fraction of sp³-hybridized carbons (Fsp3) is 0.391. The Hall–Kier alpha value is -6.48. The first-order valence-electron chi connectivity index (χ1n) is 20.7. The van der Waals surface area contributed by atoms with Gasteiger partial charge in [0.2, 0.25) is 18.2 Å². The molecule has 0 aromatic heterocycles. The van der Waals surface area contributed by atoms with E-state index in [0.29, 0.717) is 86.0 Å². The Labute approximate surface area is 354 Å². The van der Waals surface area contributed by atoms with Crippen molar-refractivity contribution in [3.8, 4) is 17.2 Å². The number of aldehydes is 1. The Morgan fingerprint density at radius 3 is 2.64 bits per heavy atom. The minimum Gasteiger partial charge on any atom is -0.507 e. The Balaban J connectivity index is 0.932. The molecule has 61 heavy (non-hydrogen) atoms. The quantitative estimate of drug-likeness (QED) is 0.0382. The molecule has 4 aromatic rings. The highest BCUT2D eigenvalue weighted by Crippen LogP contribution is 2.42. The SMILES string of the molecule is COc1cc(C=O)c(N=CC2Cc3ccc(NC(=O)C(CC4CC4)OCNC(=O)CNC=O)cc3N2C)cc1OCCCCC(=O)N1CCc2c1cc(O)c1cccc(C)c21. The predicted octanol–water partition coefficient (Wildman–Crippen LogP) is 5.52. The van der Waals surface area contributed by atoms with Gasteiger partial charge in [0.25, 0.3) is 5.91 Å². The number of aromatic hydroxyl groups is 1. The molecule has 4 amide bonds. The lowest BCUT2D eigenvalue weighted by Gasteiger charge is -2.21. The lowest BCUT2D eigenvalue weighted by atomic mass is 9.97. The number of amides is 4. The topological polar surface area (TPSA) is 188 Å². The number of fused-ring (bicyclic) bond motifs is 4. The van der Waals surface area contributed by atoms with Crippen molar-refractivity contribution in [1.29, 1.82) is 0 Å². The fourth-order valence-corrected chi connectivity index (χ4v) is 8.09. The van der Waals surface area contributed by atoms with Gasteiger partial charge in [0.15, 0.2) is 17.8 Å². The Morgan fingerprint density at radius 1 is 1.03 bits per heavy atom. The van der Waals surface area contributed by atoms with Crippen molar-refractivity contribution < 1.29 is 43.3 Å². The summed E-state index contributed by atoms with van der Waals surface area (Å²) >= 11 is 0. The maximum Gasteiger partial charge on any atom is 0.253 e. The first-order valence-corrected chi connectivity index (χ1v) is 20.7. The van der Waals surface area contributed by atoms with Gasteiger partial charge in [-0.05, 0) is 85.2 Å². The fourth-order valence-electron chi connectivity index (χ4n) is 8.09. The van der Waals surface area contributed by atoms with Crippen LogP contribution in [0.25, 0.3) is 10.8 Å². The van der Waals surface area contributed by atoms with E-state index in [4.69, 9.17) is 19.2 Å². The van der Waals surface area contributed by atoms with Gasteiger partial charge in [-0.3, -0.25) is 29.0 Å². The Kier molecular flexibility index (Phi) is 13.5. The highest BCUT2D eigenvalue weighted by Gasteiger charge is 2.32. The normalized spacial score (nSPS) is 16.0. The van der Waals surface area contributed by atoms with Crippen molar-refractivity contribution in [2.75, 3.05) is 55.7 Å². The number of nitrogens with one attached hydrogen (secondary N) is 3. The van der Waals surface area contributed by atoms with Gasteiger partial charge >= 0.3 is 0 Å². The van der Waals surface area contributed by atoms with Crippen LogP contribution in [0, 0.1) is 12.8 Å². The zero-order valence-corrected chi connectivity index (χ0v) is 34.7. The van der Waals surface area contributed by atoms with Crippen LogP contribution in [0.2, 0.25) is 0 Å². The lowest BCUT2D eigenvalue weighted by molar-refractivity contribution is -0.132. The number of rotatable bonds is 20. The summed E-state index contributed by atoms with van der Waals surface area (Å²) in [6, 6.07) is 16.4. The molecule has 15 heteroatoms. The van der Waals surface area contributed by atoms with E-state index < -0.39 is 12.0 Å². The van der Waals surface area contributed by atoms with Crippen LogP contribution in [0.4, 0.5) is 22.7 Å². The lowest BCUT2D eigenvalue weighted by Crippen LogP contribution is -2.38. The number of unbranched alkanes of at least 4 members (excludes halogenated alkanes) is 1. The van der Waals surface area contributed by atoms with Crippen molar-refractivity contribution >= 4 is 70.2 Å². The summed E-state index contributed by atoms with van der Waals surface area (Å²) in [5, 5.41) is 20.4. The van der Waals surface area contributed by atoms with E-state index in [-0.39, 0.29) is 36.9 Å². The molecular formula is C46H52N6O9. The number of benzene rings is 4. The second-order valence-electron chi connectivity index (χ2n) is 15.7. The third kappa shape index (κ3) is 9.94. The van der Waals surface area contributed by atoms with E-state index in [1.807, 2.05) is 50.4 Å². The number of anilines is 3. The average molecular weight is 833 g/mol. The molecule has 3 aliphatic rings. The van der Waals surface area contributed by atoms with Gasteiger partial charge in [-0.25, -0.2) is 0 Å². The summed E-state index contributed by atoms with van der Waals surface area (Å²) in [6.07, 6.45) is 7.73. The van der Waals surface area contributed by atoms with Crippen LogP contribution in [-0.4, -0.2) is 94.5 Å². The van der Waals surface area contributed by atoms with Crippen LogP contribution in [-0.2, 0) is 36.8 Å². The highest BCUT2D eigenvalue weighted by atomic mass is 16.5. The molecule has 4 N–H and O–H groups in total. The molecule has 0 saturated heterocycles. The molecule has 1 fully saturated rings. The maximum absolute atomic E-state index is 13.3. The minimum atomic E-state index is -0.756. The monoisotopic (exact) mass is 832 g/mol. The second-order valence-corrected chi connectivity index (χ2v) is 15.7. The molecule has 0 bridgehead atoms. The molecule has 4 aromatic carbocycles. The average Bonchev–Trinajstić information content (AvgIpc) is 3.90. The molecule has 2 unspecified atom stereocenters. The molecule has 1 saturated carbocycles. The maximum atomic E-state index is 13.3. The summed E-state index contributed by atoms with van der Waals surface area (Å²) in [5.74, 6) is 0.678. The molecule has 7 rings (SSSR count). The van der Waals surface area contributed by atoms with Gasteiger partial charge in [-0.1, -0.05) is 37.1 Å². The van der Waals surface area contributed by atoms with Crippen LogP contribution in [0.5, 0.6) is 17.2 Å². The first kappa shape index (κ1) is 42.6. The van der Waals surface area contributed by atoms with Gasteiger partial charge in [-0.2, -0.15) is 0 Å². The molecule has 0 radical (unpaired) electrons. The molecule has 2 aliphatic heterocycles. The number of nitrogens with zero attached hydrogens (tertiary/aromatic N) is 3. The number of phenolic OH excluding ortho intramolecular Hbond substituents is 1. The summed E-state index contributed by atoms with van der Waals surface area (Å²) in [5.41, 5.74) is 6.31. The number of phenols is 1. The number of methoxy groups -OCH3 is 1. The number of aliphatic imine (C=N–C) groups is 1. The van der Waals surface area contributed by atoms with Crippen molar-refractivity contribution in [3.63, 3.8) is 0 Å². The van der Waals surface area contributed by atoms with E-state index in [0.717, 1.165) is 64.4 Å². The summed E-state index contributed by atoms with van der Waals surface area (Å²) in [7, 11) is 3.45. The highest BCUT2D eigenvalue weighted by molar-refractivity contribution is 6.04. The standard InChI is InChI=1S/C46H52N6O9/c1-28-7-6-8-35-39(55)22-38-34(45(28)35)14-15-52(38)44(57)9-4-5-16-60-41-21-36(31(25-53)19-40(41)59-3)48-23-33-18-30-12-13-32(20-37(30)51(33)2)50-46(58)42(17-29-10-11-29)61-27-49-43(56)24-47-26-54/h6-8,12-13,19-23,25-26,29,33,42,55H,4-5,9-11,14-18,24,27H2,1-3H3,(H,47,54)(H,49,56)(H,50,58). The van der Waals surface area contributed by atoms with Crippen LogP contribution >= 0.6 is 0 Å². The largest absolute Gasteiger partial charge is 0.507 e. The third-order valence-electron chi connectivity index (χ3n) is 11.6. The molecular weight excluding hydrogens is 781 g/mol. The summed E-state index contributed by atoms with van der Waals surface area (Å²) in [4.78, 5) is 69.7. The van der Waals surface area contributed by atoms with Gasteiger partial charge < -0.3 is 45.1 Å². The van der Waals surface area contributed by atoms with Gasteiger partial charge in [0, 0.05) is 60.7 Å². The minimum absolute atomic E-state index is 0.00374. The number of likely N-dealkylation sites (N-methyl/N-ethyl adjacent to an activating group) is 1. The van der Waals surface area contributed by atoms with Gasteiger partial charge in [0.1, 0.15) is 18.6 Å². The van der Waals surface area contributed by atoms with Crippen molar-refractivity contribution in [2.45, 2.75) is 70.4 Å². The second kappa shape index (κ2) is 19.3. The Bertz CT molecular complexity index is 2340. The van der Waals surface area contributed by atoms with Gasteiger partial charge in [-0.15, -0.1) is 0 Å². The zero-order valence-electron chi connectivity index (χ0n) is 34.7. The Morgan fingerprint density at radius 2 is 1.87 bits per heavy atom. The number of ether oxygens (including phenoxy) is 3. The molecule has 15 nitrogen and oxygen atoms in total. The third-order valence-corrected chi connectivity index (χ3v) is 11.6.